The molecule has 0 radical (unpaired) electrons. The molecule has 3 aromatic carbocycles. The Bertz CT molecular complexity index is 1200. The van der Waals surface area contributed by atoms with Crippen LogP contribution in [0.5, 0.6) is 0 Å². The van der Waals surface area contributed by atoms with Crippen LogP contribution in [0.2, 0.25) is 0 Å². The monoisotopic (exact) mass is 385 g/mol. The third-order valence-electron chi connectivity index (χ3n) is 4.68. The van der Waals surface area contributed by atoms with Gasteiger partial charge in [0.15, 0.2) is 6.10 Å². The molecule has 1 atom stereocenters. The van der Waals surface area contributed by atoms with Gasteiger partial charge in [-0.2, -0.15) is 0 Å². The number of rotatable bonds is 5. The van der Waals surface area contributed by atoms with Crippen LogP contribution in [0.4, 0.5) is 5.69 Å². The van der Waals surface area contributed by atoms with Gasteiger partial charge < -0.3 is 10.1 Å². The van der Waals surface area contributed by atoms with Gasteiger partial charge in [-0.1, -0.05) is 49.4 Å². The van der Waals surface area contributed by atoms with Gasteiger partial charge in [0.05, 0.1) is 11.1 Å². The first kappa shape index (κ1) is 18.6. The zero-order valence-electron chi connectivity index (χ0n) is 15.8. The number of nitrogens with zero attached hydrogens (tertiary/aromatic N) is 2. The number of nitrogens with one attached hydrogen (secondary N) is 1. The Morgan fingerprint density at radius 1 is 0.966 bits per heavy atom. The summed E-state index contributed by atoms with van der Waals surface area (Å²) < 4.78 is 5.52. The van der Waals surface area contributed by atoms with Crippen molar-refractivity contribution < 1.29 is 14.3 Å². The minimum atomic E-state index is -0.923. The summed E-state index contributed by atoms with van der Waals surface area (Å²) in [6.07, 6.45) is 2.50. The van der Waals surface area contributed by atoms with Crippen molar-refractivity contribution in [3.63, 3.8) is 0 Å². The van der Waals surface area contributed by atoms with E-state index in [9.17, 15) is 9.59 Å². The Hall–Kier alpha value is -3.80. The minimum Gasteiger partial charge on any atom is -0.449 e. The number of ether oxygens (including phenoxy) is 1. The molecule has 0 fully saturated rings. The van der Waals surface area contributed by atoms with Gasteiger partial charge in [0.2, 0.25) is 0 Å². The van der Waals surface area contributed by atoms with Gasteiger partial charge in [-0.3, -0.25) is 14.8 Å². The van der Waals surface area contributed by atoms with E-state index in [4.69, 9.17) is 4.74 Å². The molecule has 1 unspecified atom stereocenters. The summed E-state index contributed by atoms with van der Waals surface area (Å²) >= 11 is 0. The van der Waals surface area contributed by atoms with Crippen molar-refractivity contribution >= 4 is 39.4 Å². The molecule has 0 aliphatic carbocycles. The van der Waals surface area contributed by atoms with Crippen molar-refractivity contribution in [1.29, 1.82) is 0 Å². The van der Waals surface area contributed by atoms with Gasteiger partial charge >= 0.3 is 5.97 Å². The van der Waals surface area contributed by atoms with Crippen LogP contribution in [0.1, 0.15) is 23.7 Å². The zero-order chi connectivity index (χ0) is 20.2. The number of benzene rings is 3. The van der Waals surface area contributed by atoms with Crippen LogP contribution in [-0.4, -0.2) is 27.9 Å². The maximum absolute atomic E-state index is 12.8. The predicted molar refractivity (Wildman–Crippen MR) is 112 cm³/mol. The normalized spacial score (nSPS) is 11.9. The zero-order valence-corrected chi connectivity index (χ0v) is 15.8. The van der Waals surface area contributed by atoms with Crippen molar-refractivity contribution in [3.05, 3.63) is 78.6 Å². The molecule has 6 nitrogen and oxygen atoms in total. The van der Waals surface area contributed by atoms with E-state index in [2.05, 4.69) is 15.3 Å². The number of esters is 1. The summed E-state index contributed by atoms with van der Waals surface area (Å²) in [4.78, 5) is 33.9. The van der Waals surface area contributed by atoms with E-state index < -0.39 is 12.1 Å². The molecule has 29 heavy (non-hydrogen) atoms. The van der Waals surface area contributed by atoms with Crippen LogP contribution in [0.3, 0.4) is 0 Å². The fourth-order valence-electron chi connectivity index (χ4n) is 3.22. The highest BCUT2D eigenvalue weighted by atomic mass is 16.5. The maximum atomic E-state index is 12.8. The number of fused-ring (bicyclic) bond motifs is 2. The SMILES string of the molecule is CCC(OC(=O)c1cccc2nccnc12)C(=O)Nc1cccc2ccccc12. The number of hydrogen-bond donors (Lipinski definition) is 1. The van der Waals surface area contributed by atoms with Crippen LogP contribution in [0.15, 0.2) is 73.1 Å². The Kier molecular flexibility index (Phi) is 5.16. The molecule has 6 heteroatoms. The second-order valence-corrected chi connectivity index (χ2v) is 6.55. The maximum Gasteiger partial charge on any atom is 0.341 e. The summed E-state index contributed by atoms with van der Waals surface area (Å²) in [5, 5.41) is 4.83. The molecule has 0 saturated heterocycles. The van der Waals surface area contributed by atoms with Crippen molar-refractivity contribution in [2.24, 2.45) is 0 Å². The first-order valence-electron chi connectivity index (χ1n) is 9.36. The highest BCUT2D eigenvalue weighted by molar-refractivity contribution is 6.06. The largest absolute Gasteiger partial charge is 0.449 e. The molecule has 0 spiro atoms. The number of para-hydroxylation sites is 1. The second kappa shape index (κ2) is 8.06. The molecule has 0 aliphatic rings. The van der Waals surface area contributed by atoms with E-state index in [1.807, 2.05) is 42.5 Å². The molecule has 4 aromatic rings. The summed E-state index contributed by atoms with van der Waals surface area (Å²) in [6.45, 7) is 1.80. The van der Waals surface area contributed by atoms with Gasteiger partial charge in [-0.05, 0) is 30.0 Å². The molecule has 1 aromatic heterocycles. The third kappa shape index (κ3) is 3.78. The van der Waals surface area contributed by atoms with Crippen LogP contribution in [-0.2, 0) is 9.53 Å². The van der Waals surface area contributed by atoms with Gasteiger partial charge in [0, 0.05) is 23.5 Å². The average Bonchev–Trinajstić information content (AvgIpc) is 2.77. The number of amides is 1. The lowest BCUT2D eigenvalue weighted by Crippen LogP contribution is -2.32. The van der Waals surface area contributed by atoms with E-state index in [0.29, 0.717) is 23.1 Å². The van der Waals surface area contributed by atoms with Crippen molar-refractivity contribution in [1.82, 2.24) is 9.97 Å². The summed E-state index contributed by atoms with van der Waals surface area (Å²) in [6, 6.07) is 18.5. The molecule has 0 saturated carbocycles. The molecule has 0 bridgehead atoms. The molecule has 0 aliphatic heterocycles. The highest BCUT2D eigenvalue weighted by Crippen LogP contribution is 2.24. The fourth-order valence-corrected chi connectivity index (χ4v) is 3.22. The molecule has 1 N–H and O–H groups in total. The Labute approximate surface area is 167 Å². The first-order chi connectivity index (χ1) is 14.2. The van der Waals surface area contributed by atoms with Crippen LogP contribution >= 0.6 is 0 Å². The highest BCUT2D eigenvalue weighted by Gasteiger charge is 2.24. The summed E-state index contributed by atoms with van der Waals surface area (Å²) in [7, 11) is 0. The molecule has 1 heterocycles. The molecular weight excluding hydrogens is 366 g/mol. The molecular formula is C23H19N3O3. The number of hydrogen-bond acceptors (Lipinski definition) is 5. The van der Waals surface area contributed by atoms with Gasteiger partial charge in [0.25, 0.3) is 5.91 Å². The topological polar surface area (TPSA) is 81.2 Å². The molecule has 1 amide bonds. The molecule has 4 rings (SSSR count). The standard InChI is InChI=1S/C23H19N3O3/c1-2-20(22(27)26-18-11-5-8-15-7-3-4-9-16(15)18)29-23(28)17-10-6-12-19-21(17)25-14-13-24-19/h3-14,20H,2H2,1H3,(H,26,27). The lowest BCUT2D eigenvalue weighted by Gasteiger charge is -2.17. The lowest BCUT2D eigenvalue weighted by atomic mass is 10.1. The van der Waals surface area contributed by atoms with E-state index >= 15 is 0 Å². The smallest absolute Gasteiger partial charge is 0.341 e. The van der Waals surface area contributed by atoms with E-state index in [1.54, 1.807) is 31.3 Å². The van der Waals surface area contributed by atoms with Gasteiger partial charge in [0.1, 0.15) is 5.52 Å². The number of carbonyl (C=O) groups is 2. The van der Waals surface area contributed by atoms with Crippen LogP contribution in [0.25, 0.3) is 21.8 Å². The van der Waals surface area contributed by atoms with E-state index in [0.717, 1.165) is 10.8 Å². The third-order valence-corrected chi connectivity index (χ3v) is 4.68. The number of carbonyl (C=O) groups excluding carboxylic acids is 2. The van der Waals surface area contributed by atoms with Gasteiger partial charge in [-0.25, -0.2) is 4.79 Å². The average molecular weight is 385 g/mol. The Morgan fingerprint density at radius 3 is 2.59 bits per heavy atom. The lowest BCUT2D eigenvalue weighted by molar-refractivity contribution is -0.124. The Balaban J connectivity index is 1.55. The minimum absolute atomic E-state index is 0.284. The summed E-state index contributed by atoms with van der Waals surface area (Å²) in [5.41, 5.74) is 2.00. The second-order valence-electron chi connectivity index (χ2n) is 6.55. The quantitative estimate of drug-likeness (QED) is 0.516. The van der Waals surface area contributed by atoms with Crippen molar-refractivity contribution in [2.75, 3.05) is 5.32 Å². The van der Waals surface area contributed by atoms with Crippen molar-refractivity contribution in [2.45, 2.75) is 19.4 Å². The predicted octanol–water partition coefficient (Wildman–Crippen LogP) is 4.36. The number of anilines is 1. The van der Waals surface area contributed by atoms with Crippen molar-refractivity contribution in [3.8, 4) is 0 Å². The number of aromatic nitrogens is 2. The first-order valence-corrected chi connectivity index (χ1v) is 9.36. The Morgan fingerprint density at radius 2 is 1.72 bits per heavy atom. The van der Waals surface area contributed by atoms with Crippen LogP contribution < -0.4 is 5.32 Å². The van der Waals surface area contributed by atoms with Gasteiger partial charge in [-0.15, -0.1) is 0 Å². The summed E-state index contributed by atoms with van der Waals surface area (Å²) in [5.74, 6) is -0.973. The molecule has 144 valence electrons. The van der Waals surface area contributed by atoms with Crippen LogP contribution in [0, 0.1) is 0 Å². The van der Waals surface area contributed by atoms with E-state index in [1.165, 1.54) is 6.20 Å². The fraction of sp³-hybridized carbons (Fsp3) is 0.130. The van der Waals surface area contributed by atoms with E-state index in [-0.39, 0.29) is 11.5 Å².